The highest BCUT2D eigenvalue weighted by Crippen LogP contribution is 2.53. The smallest absolute Gasteiger partial charge is 0.331 e. The van der Waals surface area contributed by atoms with Gasteiger partial charge in [0.1, 0.15) is 29.3 Å². The number of hydrogen-bond donors (Lipinski definition) is 3. The van der Waals surface area contributed by atoms with Gasteiger partial charge in [-0.25, -0.2) is 4.79 Å². The molecule has 3 N–H and O–H groups in total. The summed E-state index contributed by atoms with van der Waals surface area (Å²) in [6.07, 6.45) is -4.28. The molecule has 3 heterocycles. The number of aliphatic hydroxyl groups is 2. The van der Waals surface area contributed by atoms with Gasteiger partial charge in [0.25, 0.3) is 0 Å². The molecule has 2 saturated heterocycles. The number of allylic oxidation sites excluding steroid dienone is 2. The zero-order valence-corrected chi connectivity index (χ0v) is 22.6. The summed E-state index contributed by atoms with van der Waals surface area (Å²) in [5.41, 5.74) is 1.42. The Morgan fingerprint density at radius 3 is 2.58 bits per heavy atom. The van der Waals surface area contributed by atoms with Gasteiger partial charge in [0.2, 0.25) is 18.3 Å². The lowest BCUT2D eigenvalue weighted by atomic mass is 9.77. The van der Waals surface area contributed by atoms with E-state index in [2.05, 4.69) is 0 Å². The quantitative estimate of drug-likeness (QED) is 0.487. The fourth-order valence-electron chi connectivity index (χ4n) is 6.20. The number of nitrogens with zero attached hydrogens (tertiary/aromatic N) is 1. The summed E-state index contributed by atoms with van der Waals surface area (Å²) < 4.78 is 17.5. The summed E-state index contributed by atoms with van der Waals surface area (Å²) in [5.74, 6) is -1.86. The molecule has 3 aliphatic heterocycles. The fraction of sp³-hybridized carbons (Fsp3) is 0.433. The molecule has 2 fully saturated rings. The molecule has 0 aromatic heterocycles. The van der Waals surface area contributed by atoms with E-state index < -0.39 is 54.4 Å². The maximum absolute atomic E-state index is 14.4. The van der Waals surface area contributed by atoms with E-state index in [1.165, 1.54) is 18.2 Å². The summed E-state index contributed by atoms with van der Waals surface area (Å²) in [5, 5.41) is 31.3. The molecule has 210 valence electrons. The number of Topliss-reactive ketones (excluding diaryl/α,β-unsaturated/α-hetero) is 2. The van der Waals surface area contributed by atoms with Crippen LogP contribution in [0.4, 0.5) is 0 Å². The lowest BCUT2D eigenvalue weighted by Crippen LogP contribution is -2.48. The van der Waals surface area contributed by atoms with Crippen molar-refractivity contribution in [2.45, 2.75) is 77.4 Å². The maximum atomic E-state index is 14.4. The van der Waals surface area contributed by atoms with Crippen LogP contribution in [0.5, 0.6) is 11.5 Å². The average Bonchev–Trinajstić information content (AvgIpc) is 3.26. The topological polar surface area (TPSA) is 143 Å². The first-order valence-corrected chi connectivity index (χ1v) is 13.5. The molecule has 40 heavy (non-hydrogen) atoms. The van der Waals surface area contributed by atoms with Crippen molar-refractivity contribution in [2.75, 3.05) is 0 Å². The number of aryl methyl sites for hydroxylation is 1. The van der Waals surface area contributed by atoms with Gasteiger partial charge in [-0.05, 0) is 43.5 Å². The second-order valence-electron chi connectivity index (χ2n) is 11.0. The van der Waals surface area contributed by atoms with Crippen LogP contribution in [0.2, 0.25) is 0 Å². The number of hydrogen-bond acceptors (Lipinski definition) is 10. The van der Waals surface area contributed by atoms with Crippen molar-refractivity contribution in [1.29, 1.82) is 0 Å². The van der Waals surface area contributed by atoms with Crippen LogP contribution in [0, 0.1) is 12.8 Å². The average molecular weight is 550 g/mol. The van der Waals surface area contributed by atoms with Gasteiger partial charge in [-0.2, -0.15) is 0 Å². The molecule has 0 amide bonds. The number of ether oxygens (including phenoxy) is 3. The molecular weight excluding hydrogens is 518 g/mol. The van der Waals surface area contributed by atoms with Crippen molar-refractivity contribution in [3.05, 3.63) is 63.8 Å². The van der Waals surface area contributed by atoms with Crippen molar-refractivity contribution in [3.63, 3.8) is 0 Å². The number of phenolic OH excluding ortho intramolecular Hbond substituents is 1. The molecule has 0 bridgehead atoms. The van der Waals surface area contributed by atoms with Crippen LogP contribution in [-0.2, 0) is 14.3 Å². The van der Waals surface area contributed by atoms with E-state index in [-0.39, 0.29) is 51.8 Å². The van der Waals surface area contributed by atoms with Crippen LogP contribution < -0.4 is 4.74 Å². The number of rotatable bonds is 4. The first-order valence-electron chi connectivity index (χ1n) is 13.5. The van der Waals surface area contributed by atoms with Gasteiger partial charge in [0.05, 0.1) is 23.3 Å². The van der Waals surface area contributed by atoms with E-state index >= 15 is 0 Å². The number of carbonyl (C=O) groups excluding carboxylic acids is 3. The summed E-state index contributed by atoms with van der Waals surface area (Å²) in [6, 6.07) is 7.08. The lowest BCUT2D eigenvalue weighted by Gasteiger charge is -2.40. The molecular formula is C30H31NO9. The summed E-state index contributed by atoms with van der Waals surface area (Å²) in [6.45, 7) is 7.20. The van der Waals surface area contributed by atoms with Crippen molar-refractivity contribution >= 4 is 23.1 Å². The van der Waals surface area contributed by atoms with Crippen LogP contribution >= 0.6 is 0 Å². The molecule has 2 aromatic carbocycles. The Morgan fingerprint density at radius 2 is 1.88 bits per heavy atom. The van der Waals surface area contributed by atoms with Gasteiger partial charge in [0.15, 0.2) is 5.78 Å². The minimum Gasteiger partial charge on any atom is -0.507 e. The van der Waals surface area contributed by atoms with Crippen molar-refractivity contribution in [2.24, 2.45) is 5.92 Å². The number of aliphatic hydroxyl groups excluding tert-OH is 2. The molecule has 2 aromatic rings. The lowest BCUT2D eigenvalue weighted by molar-refractivity contribution is -0.216. The van der Waals surface area contributed by atoms with E-state index in [0.717, 1.165) is 0 Å². The van der Waals surface area contributed by atoms with Gasteiger partial charge in [0, 0.05) is 23.1 Å². The SMILES string of the molecule is CC[C@H](C)[C@H]1C(=O)O[C@@H]2c3cc(C)cc(O)c3C3=C(C(=O)c4c(O[C@H]5C[C@@H](O)[C@@H](O)[C@H](C)O5)cccc4C3=O)N21. The molecule has 0 unspecified atom stereocenters. The summed E-state index contributed by atoms with van der Waals surface area (Å²) in [4.78, 5) is 43.4. The Bertz CT molecular complexity index is 1470. The summed E-state index contributed by atoms with van der Waals surface area (Å²) >= 11 is 0. The highest BCUT2D eigenvalue weighted by molar-refractivity contribution is 6.41. The first kappa shape index (κ1) is 26.5. The van der Waals surface area contributed by atoms with E-state index in [1.54, 1.807) is 30.9 Å². The predicted octanol–water partition coefficient (Wildman–Crippen LogP) is 3.01. The maximum Gasteiger partial charge on any atom is 0.331 e. The third kappa shape index (κ3) is 3.77. The fourth-order valence-corrected chi connectivity index (χ4v) is 6.20. The Kier molecular flexibility index (Phi) is 6.25. The van der Waals surface area contributed by atoms with Crippen LogP contribution in [0.3, 0.4) is 0 Å². The number of phenols is 1. The molecule has 0 radical (unpaired) electrons. The van der Waals surface area contributed by atoms with Gasteiger partial charge < -0.3 is 34.4 Å². The van der Waals surface area contributed by atoms with Crippen LogP contribution in [0.25, 0.3) is 5.57 Å². The molecule has 10 nitrogen and oxygen atoms in total. The normalized spacial score (nSPS) is 29.9. The molecule has 10 heteroatoms. The van der Waals surface area contributed by atoms with Gasteiger partial charge in [-0.15, -0.1) is 0 Å². The van der Waals surface area contributed by atoms with Crippen molar-refractivity contribution < 1.29 is 43.9 Å². The number of carbonyl (C=O) groups is 3. The molecule has 6 rings (SSSR count). The second kappa shape index (κ2) is 9.43. The zero-order valence-electron chi connectivity index (χ0n) is 22.6. The number of benzene rings is 2. The molecule has 4 aliphatic rings. The van der Waals surface area contributed by atoms with Crippen LogP contribution in [-0.4, -0.2) is 68.4 Å². The Balaban J connectivity index is 1.52. The molecule has 0 saturated carbocycles. The van der Waals surface area contributed by atoms with Crippen molar-refractivity contribution in [1.82, 2.24) is 4.90 Å². The van der Waals surface area contributed by atoms with E-state index in [0.29, 0.717) is 17.5 Å². The number of ketones is 2. The molecule has 7 atom stereocenters. The van der Waals surface area contributed by atoms with Crippen LogP contribution in [0.1, 0.15) is 77.2 Å². The van der Waals surface area contributed by atoms with Gasteiger partial charge >= 0.3 is 5.97 Å². The molecule has 1 aliphatic carbocycles. The largest absolute Gasteiger partial charge is 0.507 e. The number of fused-ring (bicyclic) bond motifs is 6. The minimum atomic E-state index is -1.09. The van der Waals surface area contributed by atoms with E-state index in [4.69, 9.17) is 14.2 Å². The molecule has 0 spiro atoms. The van der Waals surface area contributed by atoms with Gasteiger partial charge in [-0.1, -0.05) is 32.4 Å². The third-order valence-corrected chi connectivity index (χ3v) is 8.38. The predicted molar refractivity (Wildman–Crippen MR) is 140 cm³/mol. The monoisotopic (exact) mass is 549 g/mol. The Labute approximate surface area is 230 Å². The zero-order chi connectivity index (χ0) is 28.6. The van der Waals surface area contributed by atoms with Crippen LogP contribution in [0.15, 0.2) is 36.0 Å². The second-order valence-corrected chi connectivity index (χ2v) is 11.0. The minimum absolute atomic E-state index is 0.000771. The first-order chi connectivity index (χ1) is 19.0. The third-order valence-electron chi connectivity index (χ3n) is 8.38. The Hall–Kier alpha value is -3.73. The Morgan fingerprint density at radius 1 is 1.12 bits per heavy atom. The highest BCUT2D eigenvalue weighted by atomic mass is 16.7. The summed E-state index contributed by atoms with van der Waals surface area (Å²) in [7, 11) is 0. The van der Waals surface area contributed by atoms with E-state index in [9.17, 15) is 29.7 Å². The van der Waals surface area contributed by atoms with E-state index in [1.807, 2.05) is 13.8 Å². The van der Waals surface area contributed by atoms with Crippen molar-refractivity contribution in [3.8, 4) is 11.5 Å². The standard InChI is InChI=1S/C30H31NO9/c1-5-13(3)24-30(37)40-29-16-9-12(2)10-17(32)21(16)23-25(31(24)29)28(36)22-15(27(23)35)7-6-8-19(22)39-20-11-18(33)26(34)14(4)38-20/h6-10,13-14,18,20,24,26,29,32-34H,5,11H2,1-4H3/t13-,14-,18+,20-,24-,26-,29+/m0/s1. The highest BCUT2D eigenvalue weighted by Gasteiger charge is 2.55. The number of esters is 1. The van der Waals surface area contributed by atoms with Gasteiger partial charge in [-0.3, -0.25) is 9.59 Å². The number of aromatic hydroxyl groups is 1.